The molecule has 2 rings (SSSR count). The standard InChI is InChI=1S/C11H10BrNO2S/c12-8-3-1-7(2-4-8)10(14)13-9-5-6-16-11(9)15/h1-4,9H,5-6H2,(H,13,14)/t9-/m1/s1. The highest BCUT2D eigenvalue weighted by Gasteiger charge is 2.26. The van der Waals surface area contributed by atoms with E-state index in [-0.39, 0.29) is 17.1 Å². The summed E-state index contributed by atoms with van der Waals surface area (Å²) in [7, 11) is 0. The van der Waals surface area contributed by atoms with Crippen LogP contribution in [0.25, 0.3) is 0 Å². The summed E-state index contributed by atoms with van der Waals surface area (Å²) in [5.41, 5.74) is 0.577. The number of carbonyl (C=O) groups excluding carboxylic acids is 2. The Morgan fingerprint density at radius 3 is 2.62 bits per heavy atom. The van der Waals surface area contributed by atoms with Crippen LogP contribution in [0.3, 0.4) is 0 Å². The Kier molecular flexibility index (Phi) is 3.66. The van der Waals surface area contributed by atoms with Gasteiger partial charge in [0.1, 0.15) is 0 Å². The highest BCUT2D eigenvalue weighted by Crippen LogP contribution is 2.20. The largest absolute Gasteiger partial charge is 0.341 e. The van der Waals surface area contributed by atoms with Gasteiger partial charge in [-0.2, -0.15) is 0 Å². The minimum Gasteiger partial charge on any atom is -0.341 e. The number of amides is 1. The maximum absolute atomic E-state index is 11.8. The second-order valence-corrected chi connectivity index (χ2v) is 5.50. The quantitative estimate of drug-likeness (QED) is 0.911. The van der Waals surface area contributed by atoms with Gasteiger partial charge in [-0.1, -0.05) is 27.7 Å². The van der Waals surface area contributed by atoms with Gasteiger partial charge >= 0.3 is 0 Å². The lowest BCUT2D eigenvalue weighted by Gasteiger charge is -2.09. The van der Waals surface area contributed by atoms with Crippen LogP contribution in [-0.2, 0) is 4.79 Å². The van der Waals surface area contributed by atoms with E-state index in [1.807, 2.05) is 0 Å². The van der Waals surface area contributed by atoms with Gasteiger partial charge in [-0.25, -0.2) is 0 Å². The first kappa shape index (κ1) is 11.7. The molecule has 16 heavy (non-hydrogen) atoms. The Bertz CT molecular complexity index is 418. The molecule has 0 saturated carbocycles. The number of hydrogen-bond acceptors (Lipinski definition) is 3. The fraction of sp³-hybridized carbons (Fsp3) is 0.273. The highest BCUT2D eigenvalue weighted by molar-refractivity contribution is 9.10. The number of benzene rings is 1. The van der Waals surface area contributed by atoms with E-state index in [4.69, 9.17) is 0 Å². The molecule has 0 aliphatic carbocycles. The molecule has 5 heteroatoms. The number of nitrogens with one attached hydrogen (secondary N) is 1. The molecule has 1 aromatic rings. The minimum atomic E-state index is -0.318. The number of carbonyl (C=O) groups is 2. The van der Waals surface area contributed by atoms with Crippen molar-refractivity contribution in [1.29, 1.82) is 0 Å². The van der Waals surface area contributed by atoms with Crippen LogP contribution in [0.5, 0.6) is 0 Å². The van der Waals surface area contributed by atoms with E-state index >= 15 is 0 Å². The Morgan fingerprint density at radius 1 is 1.38 bits per heavy atom. The summed E-state index contributed by atoms with van der Waals surface area (Å²) in [5, 5.41) is 2.80. The van der Waals surface area contributed by atoms with E-state index < -0.39 is 0 Å². The van der Waals surface area contributed by atoms with E-state index in [0.29, 0.717) is 5.56 Å². The highest BCUT2D eigenvalue weighted by atomic mass is 79.9. The number of halogens is 1. The molecule has 0 radical (unpaired) electrons. The fourth-order valence-corrected chi connectivity index (χ4v) is 2.67. The summed E-state index contributed by atoms with van der Waals surface area (Å²) >= 11 is 4.59. The van der Waals surface area contributed by atoms with Gasteiger partial charge < -0.3 is 5.32 Å². The van der Waals surface area contributed by atoms with Gasteiger partial charge in [0.2, 0.25) is 5.12 Å². The molecule has 0 bridgehead atoms. The van der Waals surface area contributed by atoms with Gasteiger partial charge in [-0.3, -0.25) is 9.59 Å². The van der Waals surface area contributed by atoms with Crippen molar-refractivity contribution in [2.45, 2.75) is 12.5 Å². The second kappa shape index (κ2) is 5.01. The molecular formula is C11H10BrNO2S. The summed E-state index contributed by atoms with van der Waals surface area (Å²) in [6.45, 7) is 0. The number of rotatable bonds is 2. The van der Waals surface area contributed by atoms with Crippen molar-refractivity contribution in [3.8, 4) is 0 Å². The average Bonchev–Trinajstić information content (AvgIpc) is 2.65. The third kappa shape index (κ3) is 2.65. The minimum absolute atomic E-state index is 0.0606. The maximum Gasteiger partial charge on any atom is 0.251 e. The van der Waals surface area contributed by atoms with E-state index in [1.54, 1.807) is 24.3 Å². The van der Waals surface area contributed by atoms with Crippen molar-refractivity contribution >= 4 is 38.7 Å². The molecule has 1 aromatic carbocycles. The van der Waals surface area contributed by atoms with E-state index in [0.717, 1.165) is 16.6 Å². The second-order valence-electron chi connectivity index (χ2n) is 3.49. The predicted molar refractivity (Wildman–Crippen MR) is 67.5 cm³/mol. The lowest BCUT2D eigenvalue weighted by molar-refractivity contribution is -0.112. The Labute approximate surface area is 106 Å². The van der Waals surface area contributed by atoms with Gasteiger partial charge in [0.05, 0.1) is 6.04 Å². The number of hydrogen-bond donors (Lipinski definition) is 1. The van der Waals surface area contributed by atoms with Crippen molar-refractivity contribution in [2.75, 3.05) is 5.75 Å². The zero-order valence-electron chi connectivity index (χ0n) is 8.40. The summed E-state index contributed by atoms with van der Waals surface area (Å²) in [4.78, 5) is 23.1. The third-order valence-corrected chi connectivity index (χ3v) is 3.88. The third-order valence-electron chi connectivity index (χ3n) is 2.35. The van der Waals surface area contributed by atoms with E-state index in [9.17, 15) is 9.59 Å². The first-order chi connectivity index (χ1) is 7.66. The van der Waals surface area contributed by atoms with E-state index in [2.05, 4.69) is 21.2 Å². The van der Waals surface area contributed by atoms with Crippen LogP contribution >= 0.6 is 27.7 Å². The molecule has 84 valence electrons. The summed E-state index contributed by atoms with van der Waals surface area (Å²) in [6, 6.07) is 6.75. The van der Waals surface area contributed by atoms with Crippen molar-refractivity contribution in [1.82, 2.24) is 5.32 Å². The Hall–Kier alpha value is -0.810. The molecular weight excluding hydrogens is 290 g/mol. The molecule has 1 N–H and O–H groups in total. The van der Waals surface area contributed by atoms with Crippen molar-refractivity contribution in [3.05, 3.63) is 34.3 Å². The molecule has 0 aromatic heterocycles. The summed E-state index contributed by atoms with van der Waals surface area (Å²) in [5.74, 6) is 0.609. The van der Waals surface area contributed by atoms with Crippen molar-refractivity contribution < 1.29 is 9.59 Å². The smallest absolute Gasteiger partial charge is 0.251 e. The molecule has 1 fully saturated rings. The zero-order valence-corrected chi connectivity index (χ0v) is 10.8. The van der Waals surface area contributed by atoms with Crippen LogP contribution in [0, 0.1) is 0 Å². The normalized spacial score (nSPS) is 19.8. The SMILES string of the molecule is O=C(N[C@@H]1CCSC1=O)c1ccc(Br)cc1. The Balaban J connectivity index is 2.02. The van der Waals surface area contributed by atoms with Crippen LogP contribution < -0.4 is 5.32 Å². The van der Waals surface area contributed by atoms with Gasteiger partial charge in [-0.15, -0.1) is 0 Å². The summed E-state index contributed by atoms with van der Waals surface area (Å²) < 4.78 is 0.927. The molecule has 1 heterocycles. The Morgan fingerprint density at radius 2 is 2.06 bits per heavy atom. The van der Waals surface area contributed by atoms with Crippen LogP contribution in [0.2, 0.25) is 0 Å². The van der Waals surface area contributed by atoms with Gasteiger partial charge in [-0.05, 0) is 30.7 Å². The van der Waals surface area contributed by atoms with Gasteiger partial charge in [0, 0.05) is 15.8 Å². The zero-order chi connectivity index (χ0) is 11.5. The van der Waals surface area contributed by atoms with Gasteiger partial charge in [0.15, 0.2) is 0 Å². The van der Waals surface area contributed by atoms with Crippen molar-refractivity contribution in [3.63, 3.8) is 0 Å². The molecule has 3 nitrogen and oxygen atoms in total. The topological polar surface area (TPSA) is 46.2 Å². The van der Waals surface area contributed by atoms with Gasteiger partial charge in [0.25, 0.3) is 5.91 Å². The first-order valence-electron chi connectivity index (χ1n) is 4.90. The summed E-state index contributed by atoms with van der Waals surface area (Å²) in [6.07, 6.45) is 0.728. The van der Waals surface area contributed by atoms with Crippen molar-refractivity contribution in [2.24, 2.45) is 0 Å². The first-order valence-corrected chi connectivity index (χ1v) is 6.68. The van der Waals surface area contributed by atoms with Crippen LogP contribution in [-0.4, -0.2) is 22.8 Å². The molecule has 1 saturated heterocycles. The average molecular weight is 300 g/mol. The van der Waals surface area contributed by atoms with Crippen LogP contribution in [0.1, 0.15) is 16.8 Å². The number of thioether (sulfide) groups is 1. The monoisotopic (exact) mass is 299 g/mol. The predicted octanol–water partition coefficient (Wildman–Crippen LogP) is 2.21. The lowest BCUT2D eigenvalue weighted by Crippen LogP contribution is -2.37. The van der Waals surface area contributed by atoms with E-state index in [1.165, 1.54) is 11.8 Å². The van der Waals surface area contributed by atoms with Crippen LogP contribution in [0.15, 0.2) is 28.7 Å². The van der Waals surface area contributed by atoms with Crippen LogP contribution in [0.4, 0.5) is 0 Å². The molecule has 0 spiro atoms. The molecule has 1 aliphatic rings. The molecule has 1 amide bonds. The fourth-order valence-electron chi connectivity index (χ4n) is 1.47. The molecule has 1 aliphatic heterocycles. The molecule has 0 unspecified atom stereocenters. The lowest BCUT2D eigenvalue weighted by atomic mass is 10.2. The maximum atomic E-state index is 11.8. The molecule has 1 atom stereocenters.